The highest BCUT2D eigenvalue weighted by molar-refractivity contribution is 5.70. The number of rotatable bonds is 7. The molecule has 0 aromatic carbocycles. The van der Waals surface area contributed by atoms with Gasteiger partial charge in [0, 0.05) is 10.3 Å². The minimum absolute atomic E-state index is 0.150. The molecule has 0 spiro atoms. The van der Waals surface area contributed by atoms with E-state index in [1.807, 2.05) is 6.92 Å². The Labute approximate surface area is 102 Å². The largest absolute Gasteiger partial charge is 0.466 e. The maximum Gasteiger partial charge on any atom is 0.306 e. The third kappa shape index (κ3) is 4.71. The summed E-state index contributed by atoms with van der Waals surface area (Å²) in [5.74, 6) is 0.227. The van der Waals surface area contributed by atoms with Crippen LogP contribution in [0.2, 0.25) is 0 Å². The zero-order valence-electron chi connectivity index (χ0n) is 10.6. The van der Waals surface area contributed by atoms with E-state index in [9.17, 15) is 14.9 Å². The van der Waals surface area contributed by atoms with Gasteiger partial charge in [-0.15, -0.1) is 0 Å². The van der Waals surface area contributed by atoms with Gasteiger partial charge in [0.15, 0.2) is 0 Å². The topological polar surface area (TPSA) is 69.4 Å². The van der Waals surface area contributed by atoms with Gasteiger partial charge in [-0.05, 0) is 19.3 Å². The van der Waals surface area contributed by atoms with Crippen molar-refractivity contribution in [3.63, 3.8) is 0 Å². The molecule has 0 aromatic heterocycles. The number of carbonyl (C=O) groups excluding carboxylic acids is 1. The molecule has 1 aliphatic rings. The van der Waals surface area contributed by atoms with Gasteiger partial charge in [-0.1, -0.05) is 26.2 Å². The Morgan fingerprint density at radius 2 is 2.18 bits per heavy atom. The molecule has 1 aliphatic carbocycles. The van der Waals surface area contributed by atoms with Gasteiger partial charge < -0.3 is 4.74 Å². The van der Waals surface area contributed by atoms with Gasteiger partial charge in [-0.25, -0.2) is 0 Å². The summed E-state index contributed by atoms with van der Waals surface area (Å²) in [4.78, 5) is 21.9. The van der Waals surface area contributed by atoms with Crippen molar-refractivity contribution in [3.8, 4) is 0 Å². The minimum Gasteiger partial charge on any atom is -0.466 e. The van der Waals surface area contributed by atoms with Crippen LogP contribution in [0.1, 0.15) is 46.0 Å². The van der Waals surface area contributed by atoms with Crippen LogP contribution in [0, 0.1) is 21.4 Å². The second-order valence-electron chi connectivity index (χ2n) is 5.28. The van der Waals surface area contributed by atoms with Crippen LogP contribution in [0.3, 0.4) is 0 Å². The first-order valence-electron chi connectivity index (χ1n) is 6.22. The molecular formula is C12H21NO4. The Balaban J connectivity index is 2.55. The fourth-order valence-electron chi connectivity index (χ4n) is 2.46. The molecule has 5 heteroatoms. The molecule has 0 bridgehead atoms. The Morgan fingerprint density at radius 3 is 2.59 bits per heavy atom. The number of nitrogens with zero attached hydrogens (tertiary/aromatic N) is 1. The Morgan fingerprint density at radius 1 is 1.53 bits per heavy atom. The van der Waals surface area contributed by atoms with Gasteiger partial charge in [-0.3, -0.25) is 14.9 Å². The Hall–Kier alpha value is -1.13. The first kappa shape index (κ1) is 13.9. The molecule has 1 saturated carbocycles. The van der Waals surface area contributed by atoms with Gasteiger partial charge >= 0.3 is 5.97 Å². The molecule has 0 heterocycles. The van der Waals surface area contributed by atoms with Crippen molar-refractivity contribution in [2.45, 2.75) is 46.0 Å². The summed E-state index contributed by atoms with van der Waals surface area (Å²) in [5, 5.41) is 10.7. The number of nitro groups is 1. The van der Waals surface area contributed by atoms with E-state index in [4.69, 9.17) is 4.74 Å². The monoisotopic (exact) mass is 243 g/mol. The normalized spacial score (nSPS) is 19.2. The first-order valence-corrected chi connectivity index (χ1v) is 6.22. The minimum atomic E-state index is -0.555. The van der Waals surface area contributed by atoms with Crippen molar-refractivity contribution in [2.75, 3.05) is 13.2 Å². The van der Waals surface area contributed by atoms with Crippen molar-refractivity contribution in [2.24, 2.45) is 11.3 Å². The second-order valence-corrected chi connectivity index (χ2v) is 5.28. The van der Waals surface area contributed by atoms with Gasteiger partial charge in [0.05, 0.1) is 13.0 Å². The molecule has 1 rings (SSSR count). The Kier molecular flexibility index (Phi) is 4.90. The molecule has 0 amide bonds. The van der Waals surface area contributed by atoms with E-state index in [2.05, 4.69) is 0 Å². The van der Waals surface area contributed by atoms with E-state index in [0.717, 1.165) is 19.3 Å². The fraction of sp³-hybridized carbons (Fsp3) is 0.917. The van der Waals surface area contributed by atoms with Crippen molar-refractivity contribution < 1.29 is 14.5 Å². The Bertz CT molecular complexity index is 288. The molecule has 0 aromatic rings. The van der Waals surface area contributed by atoms with Gasteiger partial charge in [-0.2, -0.15) is 0 Å². The highest BCUT2D eigenvalue weighted by Crippen LogP contribution is 2.39. The van der Waals surface area contributed by atoms with E-state index >= 15 is 0 Å². The van der Waals surface area contributed by atoms with Crippen LogP contribution in [-0.2, 0) is 9.53 Å². The van der Waals surface area contributed by atoms with Crippen LogP contribution in [0.25, 0.3) is 0 Å². The van der Waals surface area contributed by atoms with Crippen molar-refractivity contribution in [1.29, 1.82) is 0 Å². The van der Waals surface area contributed by atoms with E-state index < -0.39 is 5.41 Å². The molecule has 1 fully saturated rings. The molecule has 0 aliphatic heterocycles. The number of ether oxygens (including phenoxy) is 1. The maximum atomic E-state index is 11.5. The van der Waals surface area contributed by atoms with Crippen molar-refractivity contribution in [3.05, 3.63) is 10.1 Å². The third-order valence-corrected chi connectivity index (χ3v) is 3.39. The average Bonchev–Trinajstić information content (AvgIpc) is 2.10. The lowest BCUT2D eigenvalue weighted by Gasteiger charge is -2.33. The SMILES string of the molecule is CCOC(=O)CC(C)(CC1CCC1)C[N+](=O)[O-]. The summed E-state index contributed by atoms with van der Waals surface area (Å²) in [5.41, 5.74) is -0.555. The second kappa shape index (κ2) is 5.98. The predicted molar refractivity (Wildman–Crippen MR) is 63.2 cm³/mol. The van der Waals surface area contributed by atoms with Crippen LogP contribution in [-0.4, -0.2) is 24.0 Å². The maximum absolute atomic E-state index is 11.5. The number of carbonyl (C=O) groups is 1. The number of hydrogen-bond donors (Lipinski definition) is 0. The molecule has 5 nitrogen and oxygen atoms in total. The van der Waals surface area contributed by atoms with Gasteiger partial charge in [0.25, 0.3) is 0 Å². The molecule has 0 radical (unpaired) electrons. The number of hydrogen-bond acceptors (Lipinski definition) is 4. The molecule has 0 N–H and O–H groups in total. The predicted octanol–water partition coefficient (Wildman–Crippen LogP) is 2.41. The standard InChI is InChI=1S/C12H21NO4/c1-3-17-11(14)8-12(2,9-13(15)16)7-10-5-4-6-10/h10H,3-9H2,1-2H3. The molecule has 0 saturated heterocycles. The smallest absolute Gasteiger partial charge is 0.306 e. The third-order valence-electron chi connectivity index (χ3n) is 3.39. The summed E-state index contributed by atoms with van der Waals surface area (Å²) in [6, 6.07) is 0. The zero-order valence-corrected chi connectivity index (χ0v) is 10.6. The highest BCUT2D eigenvalue weighted by atomic mass is 16.6. The molecule has 1 atom stereocenters. The molecular weight excluding hydrogens is 222 g/mol. The lowest BCUT2D eigenvalue weighted by atomic mass is 9.71. The van der Waals surface area contributed by atoms with Crippen LogP contribution in [0.5, 0.6) is 0 Å². The van der Waals surface area contributed by atoms with E-state index in [1.165, 1.54) is 6.42 Å². The highest BCUT2D eigenvalue weighted by Gasteiger charge is 2.37. The van der Waals surface area contributed by atoms with Gasteiger partial charge in [0.1, 0.15) is 0 Å². The average molecular weight is 243 g/mol. The summed E-state index contributed by atoms with van der Waals surface area (Å²) in [6.45, 7) is 3.75. The lowest BCUT2D eigenvalue weighted by Crippen LogP contribution is -2.34. The summed E-state index contributed by atoms with van der Waals surface area (Å²) < 4.78 is 4.89. The van der Waals surface area contributed by atoms with Crippen molar-refractivity contribution >= 4 is 5.97 Å². The van der Waals surface area contributed by atoms with Crippen LogP contribution >= 0.6 is 0 Å². The number of esters is 1. The van der Waals surface area contributed by atoms with E-state index in [-0.39, 0.29) is 23.9 Å². The van der Waals surface area contributed by atoms with Crippen LogP contribution in [0.15, 0.2) is 0 Å². The summed E-state index contributed by atoms with van der Waals surface area (Å²) in [7, 11) is 0. The zero-order chi connectivity index (χ0) is 12.9. The van der Waals surface area contributed by atoms with Crippen molar-refractivity contribution in [1.82, 2.24) is 0 Å². The van der Waals surface area contributed by atoms with Gasteiger partial charge in [0.2, 0.25) is 6.54 Å². The van der Waals surface area contributed by atoms with Crippen LogP contribution in [0.4, 0.5) is 0 Å². The summed E-state index contributed by atoms with van der Waals surface area (Å²) in [6.07, 6.45) is 4.38. The van der Waals surface area contributed by atoms with E-state index in [1.54, 1.807) is 6.92 Å². The molecule has 17 heavy (non-hydrogen) atoms. The van der Waals surface area contributed by atoms with Crippen LogP contribution < -0.4 is 0 Å². The molecule has 98 valence electrons. The quantitative estimate of drug-likeness (QED) is 0.391. The fourth-order valence-corrected chi connectivity index (χ4v) is 2.46. The van der Waals surface area contributed by atoms with E-state index in [0.29, 0.717) is 12.5 Å². The first-order chi connectivity index (χ1) is 7.95. The summed E-state index contributed by atoms with van der Waals surface area (Å²) >= 11 is 0. The molecule has 1 unspecified atom stereocenters. The lowest BCUT2D eigenvalue weighted by molar-refractivity contribution is -0.497.